The van der Waals surface area contributed by atoms with Gasteiger partial charge in [0.05, 0.1) is 11.3 Å². The predicted molar refractivity (Wildman–Crippen MR) is 94.0 cm³/mol. The van der Waals surface area contributed by atoms with Gasteiger partial charge in [-0.3, -0.25) is 9.59 Å². The average molecular weight is 349 g/mol. The number of hydrogen-bond acceptors (Lipinski definition) is 2. The fourth-order valence-corrected chi connectivity index (χ4v) is 2.49. The molecule has 2 amide bonds. The molecule has 0 heterocycles. The van der Waals surface area contributed by atoms with Crippen LogP contribution in [-0.4, -0.2) is 18.9 Å². The minimum absolute atomic E-state index is 0.272. The highest BCUT2D eigenvalue weighted by molar-refractivity contribution is 6.34. The molecule has 0 spiro atoms. The van der Waals surface area contributed by atoms with E-state index in [1.54, 1.807) is 48.5 Å². The molecule has 0 saturated carbocycles. The molecule has 118 valence electrons. The summed E-state index contributed by atoms with van der Waals surface area (Å²) in [4.78, 5) is 23.8. The van der Waals surface area contributed by atoms with Crippen molar-refractivity contribution in [2.75, 3.05) is 12.4 Å². The number of hydrogen-bond donors (Lipinski definition) is 2. The number of para-hydroxylation sites is 1. The molecule has 2 rings (SSSR count). The number of amides is 2. The molecule has 0 aliphatic rings. The number of nitrogens with one attached hydrogen (secondary N) is 2. The number of benzene rings is 2. The van der Waals surface area contributed by atoms with Gasteiger partial charge in [0.25, 0.3) is 5.91 Å². The summed E-state index contributed by atoms with van der Waals surface area (Å²) < 4.78 is 0. The van der Waals surface area contributed by atoms with E-state index in [0.717, 1.165) is 0 Å². The lowest BCUT2D eigenvalue weighted by Crippen LogP contribution is -2.20. The van der Waals surface area contributed by atoms with Crippen LogP contribution in [0.1, 0.15) is 15.9 Å². The van der Waals surface area contributed by atoms with Crippen LogP contribution < -0.4 is 10.6 Å². The van der Waals surface area contributed by atoms with Crippen LogP contribution in [-0.2, 0) is 4.79 Å². The Morgan fingerprint density at radius 1 is 1.04 bits per heavy atom. The first-order valence-corrected chi connectivity index (χ1v) is 7.51. The van der Waals surface area contributed by atoms with Gasteiger partial charge in [-0.2, -0.15) is 0 Å². The fourth-order valence-electron chi connectivity index (χ4n) is 1.94. The van der Waals surface area contributed by atoms with E-state index in [1.807, 2.05) is 0 Å². The maximum atomic E-state index is 12.0. The molecule has 6 heteroatoms. The van der Waals surface area contributed by atoms with Gasteiger partial charge in [0, 0.05) is 23.2 Å². The van der Waals surface area contributed by atoms with Gasteiger partial charge in [-0.1, -0.05) is 35.3 Å². The van der Waals surface area contributed by atoms with Crippen molar-refractivity contribution >= 4 is 46.8 Å². The van der Waals surface area contributed by atoms with Crippen molar-refractivity contribution in [3.05, 3.63) is 69.7 Å². The van der Waals surface area contributed by atoms with E-state index in [2.05, 4.69) is 10.6 Å². The number of anilines is 1. The molecule has 2 N–H and O–H groups in total. The molecular formula is C17H14Cl2N2O2. The summed E-state index contributed by atoms with van der Waals surface area (Å²) in [6.45, 7) is 0. The van der Waals surface area contributed by atoms with E-state index in [1.165, 1.54) is 13.1 Å². The molecule has 23 heavy (non-hydrogen) atoms. The standard InChI is InChI=1S/C17H14Cl2N2O2/c1-20-17(23)14-4-2-3-5-15(14)21-16(22)7-6-11-8-12(18)10-13(19)9-11/h2-10H,1H3,(H,20,23)(H,21,22)/b7-6+. The first-order valence-electron chi connectivity index (χ1n) is 6.76. The summed E-state index contributed by atoms with van der Waals surface area (Å²) >= 11 is 11.8. The van der Waals surface area contributed by atoms with Gasteiger partial charge < -0.3 is 10.6 Å². The van der Waals surface area contributed by atoms with Gasteiger partial charge in [0.2, 0.25) is 5.91 Å². The Kier molecular flexibility index (Phi) is 5.79. The lowest BCUT2D eigenvalue weighted by molar-refractivity contribution is -0.111. The second kappa shape index (κ2) is 7.81. The molecule has 0 aliphatic carbocycles. The second-order valence-electron chi connectivity index (χ2n) is 4.65. The van der Waals surface area contributed by atoms with E-state index in [9.17, 15) is 9.59 Å². The Labute approximate surface area is 144 Å². The minimum Gasteiger partial charge on any atom is -0.355 e. The normalized spacial score (nSPS) is 10.6. The summed E-state index contributed by atoms with van der Waals surface area (Å²) in [5, 5.41) is 6.18. The van der Waals surface area contributed by atoms with E-state index in [0.29, 0.717) is 26.9 Å². The van der Waals surface area contributed by atoms with Crippen LogP contribution in [0.15, 0.2) is 48.5 Å². The molecule has 2 aromatic carbocycles. The Morgan fingerprint density at radius 2 is 1.70 bits per heavy atom. The zero-order valence-electron chi connectivity index (χ0n) is 12.3. The Bertz CT molecular complexity index is 753. The lowest BCUT2D eigenvalue weighted by atomic mass is 10.1. The van der Waals surface area contributed by atoms with Gasteiger partial charge in [-0.15, -0.1) is 0 Å². The van der Waals surface area contributed by atoms with Gasteiger partial charge in [-0.05, 0) is 42.0 Å². The third-order valence-corrected chi connectivity index (χ3v) is 3.41. The molecule has 0 aliphatic heterocycles. The average Bonchev–Trinajstić information content (AvgIpc) is 2.52. The number of rotatable bonds is 4. The molecule has 4 nitrogen and oxygen atoms in total. The fraction of sp³-hybridized carbons (Fsp3) is 0.0588. The molecule has 0 saturated heterocycles. The summed E-state index contributed by atoms with van der Waals surface area (Å²) in [6, 6.07) is 11.7. The summed E-state index contributed by atoms with van der Waals surface area (Å²) in [7, 11) is 1.53. The smallest absolute Gasteiger partial charge is 0.253 e. The summed E-state index contributed by atoms with van der Waals surface area (Å²) in [5.74, 6) is -0.635. The van der Waals surface area contributed by atoms with E-state index in [-0.39, 0.29) is 11.8 Å². The van der Waals surface area contributed by atoms with Crippen molar-refractivity contribution in [1.29, 1.82) is 0 Å². The second-order valence-corrected chi connectivity index (χ2v) is 5.52. The molecular weight excluding hydrogens is 335 g/mol. The third kappa shape index (κ3) is 4.84. The van der Waals surface area contributed by atoms with Crippen molar-refractivity contribution < 1.29 is 9.59 Å². The van der Waals surface area contributed by atoms with Gasteiger partial charge in [0.1, 0.15) is 0 Å². The van der Waals surface area contributed by atoms with E-state index < -0.39 is 0 Å². The zero-order valence-corrected chi connectivity index (χ0v) is 13.8. The van der Waals surface area contributed by atoms with Crippen molar-refractivity contribution in [1.82, 2.24) is 5.32 Å². The molecule has 2 aromatic rings. The maximum Gasteiger partial charge on any atom is 0.253 e. The van der Waals surface area contributed by atoms with Gasteiger partial charge in [0.15, 0.2) is 0 Å². The number of halogens is 2. The van der Waals surface area contributed by atoms with Crippen LogP contribution >= 0.6 is 23.2 Å². The molecule has 0 atom stereocenters. The highest BCUT2D eigenvalue weighted by Crippen LogP contribution is 2.20. The van der Waals surface area contributed by atoms with Crippen molar-refractivity contribution in [3.63, 3.8) is 0 Å². The van der Waals surface area contributed by atoms with E-state index >= 15 is 0 Å². The first-order chi connectivity index (χ1) is 11.0. The maximum absolute atomic E-state index is 12.0. The van der Waals surface area contributed by atoms with Gasteiger partial charge >= 0.3 is 0 Å². The van der Waals surface area contributed by atoms with Gasteiger partial charge in [-0.25, -0.2) is 0 Å². The SMILES string of the molecule is CNC(=O)c1ccccc1NC(=O)/C=C/c1cc(Cl)cc(Cl)c1. The van der Waals surface area contributed by atoms with Crippen LogP contribution in [0.4, 0.5) is 5.69 Å². The van der Waals surface area contributed by atoms with Crippen LogP contribution in [0.25, 0.3) is 6.08 Å². The Hall–Kier alpha value is -2.30. The third-order valence-electron chi connectivity index (χ3n) is 2.97. The van der Waals surface area contributed by atoms with Crippen molar-refractivity contribution in [3.8, 4) is 0 Å². The largest absolute Gasteiger partial charge is 0.355 e. The molecule has 0 fully saturated rings. The van der Waals surface area contributed by atoms with Crippen LogP contribution in [0.2, 0.25) is 10.0 Å². The topological polar surface area (TPSA) is 58.2 Å². The molecule has 0 radical (unpaired) electrons. The quantitative estimate of drug-likeness (QED) is 0.820. The van der Waals surface area contributed by atoms with Crippen molar-refractivity contribution in [2.24, 2.45) is 0 Å². The summed E-state index contributed by atoms with van der Waals surface area (Å²) in [5.41, 5.74) is 1.53. The van der Waals surface area contributed by atoms with Crippen LogP contribution in [0.5, 0.6) is 0 Å². The predicted octanol–water partition coefficient (Wildman–Crippen LogP) is 4.00. The monoisotopic (exact) mass is 348 g/mol. The van der Waals surface area contributed by atoms with E-state index in [4.69, 9.17) is 23.2 Å². The van der Waals surface area contributed by atoms with Crippen LogP contribution in [0.3, 0.4) is 0 Å². The first kappa shape index (κ1) is 17.1. The number of carbonyl (C=O) groups excluding carboxylic acids is 2. The number of carbonyl (C=O) groups is 2. The van der Waals surface area contributed by atoms with Crippen molar-refractivity contribution in [2.45, 2.75) is 0 Å². The lowest BCUT2D eigenvalue weighted by Gasteiger charge is -2.08. The minimum atomic E-state index is -0.363. The molecule has 0 bridgehead atoms. The summed E-state index contributed by atoms with van der Waals surface area (Å²) in [6.07, 6.45) is 2.94. The van der Waals surface area contributed by atoms with Crippen LogP contribution in [0, 0.1) is 0 Å². The highest BCUT2D eigenvalue weighted by atomic mass is 35.5. The Balaban J connectivity index is 2.14. The molecule has 0 aromatic heterocycles. The highest BCUT2D eigenvalue weighted by Gasteiger charge is 2.10. The Morgan fingerprint density at radius 3 is 2.35 bits per heavy atom. The molecule has 0 unspecified atom stereocenters. The zero-order chi connectivity index (χ0) is 16.8.